The first-order valence-electron chi connectivity index (χ1n) is 7.17. The van der Waals surface area contributed by atoms with Crippen LogP contribution in [0.15, 0.2) is 60.9 Å². The Labute approximate surface area is 156 Å². The van der Waals surface area contributed by atoms with Crippen LogP contribution in [0.3, 0.4) is 0 Å². The van der Waals surface area contributed by atoms with Crippen LogP contribution in [-0.4, -0.2) is 20.6 Å². The number of nitrogens with one attached hydrogen (secondary N) is 1. The summed E-state index contributed by atoms with van der Waals surface area (Å²) in [6.07, 6.45) is 3.25. The zero-order chi connectivity index (χ0) is 18.0. The minimum atomic E-state index is -1.17. The average molecular weight is 449 g/mol. The van der Waals surface area contributed by atoms with Crippen molar-refractivity contribution in [3.05, 3.63) is 80.2 Å². The normalized spacial score (nSPS) is 10.4. The third-order valence-electron chi connectivity index (χ3n) is 3.55. The first kappa shape index (κ1) is 17.0. The third kappa shape index (κ3) is 3.63. The number of aromatic carboxylic acids is 1. The average Bonchev–Trinajstić information content (AvgIpc) is 3.10. The van der Waals surface area contributed by atoms with Gasteiger partial charge in [0, 0.05) is 27.7 Å². The van der Waals surface area contributed by atoms with E-state index in [2.05, 4.69) is 27.9 Å². The number of anilines is 2. The zero-order valence-electron chi connectivity index (χ0n) is 12.7. The summed E-state index contributed by atoms with van der Waals surface area (Å²) >= 11 is 2.16. The molecule has 0 aliphatic rings. The summed E-state index contributed by atoms with van der Waals surface area (Å²) in [4.78, 5) is 22.6. The molecule has 0 saturated heterocycles. The van der Waals surface area contributed by atoms with E-state index >= 15 is 0 Å². The van der Waals surface area contributed by atoms with Crippen LogP contribution >= 0.6 is 22.6 Å². The van der Waals surface area contributed by atoms with Crippen LogP contribution in [-0.2, 0) is 0 Å². The fraction of sp³-hybridized carbons (Fsp3) is 0. The first-order valence-corrected chi connectivity index (χ1v) is 8.25. The molecule has 0 spiro atoms. The minimum absolute atomic E-state index is 0.0483. The van der Waals surface area contributed by atoms with Crippen LogP contribution < -0.4 is 5.32 Å². The molecule has 1 heterocycles. The lowest BCUT2D eigenvalue weighted by atomic mass is 10.1. The van der Waals surface area contributed by atoms with Crippen molar-refractivity contribution in [3.8, 4) is 5.69 Å². The van der Waals surface area contributed by atoms with Crippen molar-refractivity contribution in [3.63, 3.8) is 0 Å². The largest absolute Gasteiger partial charge is 0.478 e. The van der Waals surface area contributed by atoms with Gasteiger partial charge in [0.1, 0.15) is 5.69 Å². The van der Waals surface area contributed by atoms with Gasteiger partial charge in [-0.15, -0.1) is 0 Å². The third-order valence-corrected chi connectivity index (χ3v) is 4.27. The molecule has 0 radical (unpaired) electrons. The number of halogens is 1. The Kier molecular flexibility index (Phi) is 4.70. The van der Waals surface area contributed by atoms with Crippen LogP contribution in [0, 0.1) is 13.7 Å². The highest BCUT2D eigenvalue weighted by Gasteiger charge is 2.22. The van der Waals surface area contributed by atoms with E-state index in [0.717, 1.165) is 3.57 Å². The fourth-order valence-corrected chi connectivity index (χ4v) is 2.75. The molecule has 1 aromatic heterocycles. The van der Waals surface area contributed by atoms with Crippen LogP contribution in [0.1, 0.15) is 10.4 Å². The molecule has 3 aromatic rings. The molecule has 0 aliphatic carbocycles. The molecular weight excluding hydrogens is 437 g/mol. The molecule has 7 nitrogen and oxygen atoms in total. The second-order valence-electron chi connectivity index (χ2n) is 5.17. The number of carbonyl (C=O) groups is 1. The summed E-state index contributed by atoms with van der Waals surface area (Å²) in [7, 11) is 0. The maximum absolute atomic E-state index is 11.6. The van der Waals surface area contributed by atoms with Crippen molar-refractivity contribution >= 4 is 45.6 Å². The Morgan fingerprint density at radius 1 is 1.16 bits per heavy atom. The second-order valence-corrected chi connectivity index (χ2v) is 6.42. The molecule has 0 bridgehead atoms. The van der Waals surface area contributed by atoms with Crippen LogP contribution in [0.25, 0.3) is 5.69 Å². The van der Waals surface area contributed by atoms with Gasteiger partial charge in [-0.05, 0) is 65.1 Å². The number of nitro benzene ring substituents is 1. The van der Waals surface area contributed by atoms with Crippen molar-refractivity contribution in [2.75, 3.05) is 5.32 Å². The lowest BCUT2D eigenvalue weighted by Crippen LogP contribution is -2.07. The van der Waals surface area contributed by atoms with Gasteiger partial charge >= 0.3 is 5.97 Å². The Hall–Kier alpha value is -2.88. The Balaban J connectivity index is 2.14. The van der Waals surface area contributed by atoms with E-state index in [-0.39, 0.29) is 22.6 Å². The quantitative estimate of drug-likeness (QED) is 0.341. The van der Waals surface area contributed by atoms with E-state index in [1.54, 1.807) is 36.7 Å². The van der Waals surface area contributed by atoms with Gasteiger partial charge < -0.3 is 15.0 Å². The molecule has 0 unspecified atom stereocenters. The van der Waals surface area contributed by atoms with Crippen molar-refractivity contribution in [1.82, 2.24) is 4.57 Å². The van der Waals surface area contributed by atoms with Crippen molar-refractivity contribution in [2.24, 2.45) is 0 Å². The Morgan fingerprint density at radius 2 is 1.80 bits per heavy atom. The highest BCUT2D eigenvalue weighted by atomic mass is 127. The molecule has 0 atom stereocenters. The van der Waals surface area contributed by atoms with E-state index in [1.807, 2.05) is 12.1 Å². The van der Waals surface area contributed by atoms with Crippen molar-refractivity contribution in [2.45, 2.75) is 0 Å². The van der Waals surface area contributed by atoms with Gasteiger partial charge in [-0.25, -0.2) is 4.79 Å². The summed E-state index contributed by atoms with van der Waals surface area (Å²) < 4.78 is 2.54. The number of carboxylic acids is 1. The van der Waals surface area contributed by atoms with Gasteiger partial charge in [0.15, 0.2) is 0 Å². The lowest BCUT2D eigenvalue weighted by Gasteiger charge is -2.13. The maximum atomic E-state index is 11.6. The number of carboxylic acid groups (broad SMARTS) is 1. The topological polar surface area (TPSA) is 97.4 Å². The SMILES string of the molecule is O=C(O)c1cc(-n2cccc2)c([N+](=O)[O-])cc1Nc1ccc(I)cc1. The maximum Gasteiger partial charge on any atom is 0.337 e. The number of nitro groups is 1. The number of nitrogens with zero attached hydrogens (tertiary/aromatic N) is 2. The molecule has 2 aromatic carbocycles. The number of benzene rings is 2. The Morgan fingerprint density at radius 3 is 2.36 bits per heavy atom. The monoisotopic (exact) mass is 449 g/mol. The van der Waals surface area contributed by atoms with Gasteiger partial charge in [0.25, 0.3) is 5.69 Å². The molecule has 0 amide bonds. The molecule has 3 rings (SSSR count). The van der Waals surface area contributed by atoms with Crippen LogP contribution in [0.2, 0.25) is 0 Å². The number of hydrogen-bond donors (Lipinski definition) is 2. The summed E-state index contributed by atoms with van der Waals surface area (Å²) in [5.41, 5.74) is 0.768. The lowest BCUT2D eigenvalue weighted by molar-refractivity contribution is -0.384. The second kappa shape index (κ2) is 6.93. The highest BCUT2D eigenvalue weighted by molar-refractivity contribution is 14.1. The van der Waals surface area contributed by atoms with E-state index in [4.69, 9.17) is 0 Å². The minimum Gasteiger partial charge on any atom is -0.478 e. The van der Waals surface area contributed by atoms with Crippen LogP contribution in [0.4, 0.5) is 17.1 Å². The molecular formula is C17H12IN3O4. The van der Waals surface area contributed by atoms with Crippen molar-refractivity contribution < 1.29 is 14.8 Å². The van der Waals surface area contributed by atoms with Gasteiger partial charge in [0.2, 0.25) is 0 Å². The standard InChI is InChI=1S/C17H12IN3O4/c18-11-3-5-12(6-4-11)19-14-10-16(21(24)25)15(9-13(14)17(22)23)20-7-1-2-8-20/h1-10,19H,(H,22,23). The molecule has 126 valence electrons. The number of aromatic nitrogens is 1. The molecule has 0 saturated carbocycles. The van der Waals surface area contributed by atoms with E-state index in [1.165, 1.54) is 16.7 Å². The van der Waals surface area contributed by atoms with Gasteiger partial charge in [0.05, 0.1) is 16.2 Å². The summed E-state index contributed by atoms with van der Waals surface area (Å²) in [6.45, 7) is 0. The fourth-order valence-electron chi connectivity index (χ4n) is 2.39. The van der Waals surface area contributed by atoms with Crippen LogP contribution in [0.5, 0.6) is 0 Å². The van der Waals surface area contributed by atoms with E-state index < -0.39 is 10.9 Å². The predicted molar refractivity (Wildman–Crippen MR) is 102 cm³/mol. The highest BCUT2D eigenvalue weighted by Crippen LogP contribution is 2.32. The first-order chi connectivity index (χ1) is 12.0. The smallest absolute Gasteiger partial charge is 0.337 e. The predicted octanol–water partition coefficient (Wildman–Crippen LogP) is 4.43. The molecule has 8 heteroatoms. The van der Waals surface area contributed by atoms with Gasteiger partial charge in [-0.2, -0.15) is 0 Å². The summed E-state index contributed by atoms with van der Waals surface area (Å²) in [5, 5.41) is 23.9. The zero-order valence-corrected chi connectivity index (χ0v) is 14.9. The van der Waals surface area contributed by atoms with E-state index in [9.17, 15) is 20.0 Å². The Bertz CT molecular complexity index is 937. The van der Waals surface area contributed by atoms with Crippen molar-refractivity contribution in [1.29, 1.82) is 0 Å². The van der Waals surface area contributed by atoms with Gasteiger partial charge in [-0.3, -0.25) is 10.1 Å². The number of rotatable bonds is 5. The molecule has 0 fully saturated rings. The number of hydrogen-bond acceptors (Lipinski definition) is 4. The summed E-state index contributed by atoms with van der Waals surface area (Å²) in [5.74, 6) is -1.17. The molecule has 25 heavy (non-hydrogen) atoms. The van der Waals surface area contributed by atoms with Gasteiger partial charge in [-0.1, -0.05) is 0 Å². The molecule has 0 aliphatic heterocycles. The molecule has 2 N–H and O–H groups in total. The summed E-state index contributed by atoms with van der Waals surface area (Å²) in [6, 6.07) is 13.2. The van der Waals surface area contributed by atoms with E-state index in [0.29, 0.717) is 5.69 Å².